The maximum atomic E-state index is 11.7. The van der Waals surface area contributed by atoms with Gasteiger partial charge in [-0.2, -0.15) is 25.8 Å². The molecule has 0 bridgehead atoms. The fourth-order valence-electron chi connectivity index (χ4n) is 1.41. The van der Waals surface area contributed by atoms with Gasteiger partial charge in [0.25, 0.3) is 0 Å². The predicted octanol–water partition coefficient (Wildman–Crippen LogP) is 2.67. The number of hydrogen-bond donors (Lipinski definition) is 1. The zero-order valence-corrected chi connectivity index (χ0v) is 8.13. The van der Waals surface area contributed by atoms with Gasteiger partial charge in [0.1, 0.15) is 6.61 Å². The Hall–Kier alpha value is 0.100. The van der Waals surface area contributed by atoms with Crippen molar-refractivity contribution in [1.29, 1.82) is 0 Å². The van der Waals surface area contributed by atoms with Crippen LogP contribution < -0.4 is 0 Å². The standard InChI is InChI=1S/C8H13F3OS/c9-8(10,11)5-12-4-7(6-13)2-1-3-7/h13H,1-6H2. The highest BCUT2D eigenvalue weighted by molar-refractivity contribution is 7.80. The molecule has 1 aliphatic carbocycles. The molecule has 0 heterocycles. The summed E-state index contributed by atoms with van der Waals surface area (Å²) in [5.41, 5.74) is -0.0750. The van der Waals surface area contributed by atoms with Crippen LogP contribution in [0.2, 0.25) is 0 Å². The summed E-state index contributed by atoms with van der Waals surface area (Å²) in [4.78, 5) is 0. The third kappa shape index (κ3) is 3.38. The molecule has 1 saturated carbocycles. The first-order chi connectivity index (χ1) is 5.97. The van der Waals surface area contributed by atoms with E-state index < -0.39 is 12.8 Å². The third-order valence-corrected chi connectivity index (χ3v) is 3.09. The third-order valence-electron chi connectivity index (χ3n) is 2.42. The number of thiol groups is 1. The number of halogens is 3. The maximum absolute atomic E-state index is 11.7. The summed E-state index contributed by atoms with van der Waals surface area (Å²) in [6.07, 6.45) is -1.25. The second-order valence-corrected chi connectivity index (χ2v) is 3.94. The van der Waals surface area contributed by atoms with Crippen molar-refractivity contribution in [2.45, 2.75) is 25.4 Å². The van der Waals surface area contributed by atoms with Crippen molar-refractivity contribution < 1.29 is 17.9 Å². The van der Waals surface area contributed by atoms with Gasteiger partial charge in [0.15, 0.2) is 0 Å². The van der Waals surface area contributed by atoms with Crippen LogP contribution in [0.5, 0.6) is 0 Å². The summed E-state index contributed by atoms with van der Waals surface area (Å²) in [7, 11) is 0. The van der Waals surface area contributed by atoms with Crippen LogP contribution in [0.15, 0.2) is 0 Å². The van der Waals surface area contributed by atoms with Crippen LogP contribution in [-0.2, 0) is 4.74 Å². The first kappa shape index (κ1) is 11.2. The Kier molecular flexibility index (Phi) is 3.51. The predicted molar refractivity (Wildman–Crippen MR) is 47.0 cm³/mol. The quantitative estimate of drug-likeness (QED) is 0.708. The molecule has 0 unspecified atom stereocenters. The molecule has 0 radical (unpaired) electrons. The molecule has 1 fully saturated rings. The largest absolute Gasteiger partial charge is 0.411 e. The van der Waals surface area contributed by atoms with Crippen molar-refractivity contribution in [2.24, 2.45) is 5.41 Å². The fourth-order valence-corrected chi connectivity index (χ4v) is 1.82. The van der Waals surface area contributed by atoms with Crippen LogP contribution in [0.3, 0.4) is 0 Å². The smallest absolute Gasteiger partial charge is 0.371 e. The highest BCUT2D eigenvalue weighted by Gasteiger charge is 2.37. The number of alkyl halides is 3. The van der Waals surface area contributed by atoms with E-state index in [4.69, 9.17) is 0 Å². The minimum Gasteiger partial charge on any atom is -0.371 e. The van der Waals surface area contributed by atoms with E-state index in [1.54, 1.807) is 0 Å². The van der Waals surface area contributed by atoms with Crippen molar-refractivity contribution in [1.82, 2.24) is 0 Å². The average Bonchev–Trinajstić information content (AvgIpc) is 1.92. The van der Waals surface area contributed by atoms with Crippen molar-refractivity contribution >= 4 is 12.6 Å². The van der Waals surface area contributed by atoms with E-state index in [1.165, 1.54) is 0 Å². The fraction of sp³-hybridized carbons (Fsp3) is 1.00. The Labute approximate surface area is 81.1 Å². The topological polar surface area (TPSA) is 9.23 Å². The van der Waals surface area contributed by atoms with Gasteiger partial charge in [-0.25, -0.2) is 0 Å². The van der Waals surface area contributed by atoms with Crippen molar-refractivity contribution in [2.75, 3.05) is 19.0 Å². The van der Waals surface area contributed by atoms with Gasteiger partial charge in [-0.3, -0.25) is 0 Å². The van der Waals surface area contributed by atoms with Crippen LogP contribution in [-0.4, -0.2) is 25.1 Å². The second-order valence-electron chi connectivity index (χ2n) is 3.62. The zero-order valence-electron chi connectivity index (χ0n) is 7.23. The normalized spacial score (nSPS) is 21.2. The maximum Gasteiger partial charge on any atom is 0.411 e. The van der Waals surface area contributed by atoms with Crippen molar-refractivity contribution in [3.8, 4) is 0 Å². The van der Waals surface area contributed by atoms with E-state index in [0.29, 0.717) is 5.75 Å². The summed E-state index contributed by atoms with van der Waals surface area (Å²) in [6, 6.07) is 0. The first-order valence-electron chi connectivity index (χ1n) is 4.23. The van der Waals surface area contributed by atoms with Crippen LogP contribution in [0, 0.1) is 5.41 Å². The van der Waals surface area contributed by atoms with Gasteiger partial charge in [-0.1, -0.05) is 6.42 Å². The molecule has 78 valence electrons. The van der Waals surface area contributed by atoms with E-state index in [1.807, 2.05) is 0 Å². The summed E-state index contributed by atoms with van der Waals surface area (Å²) in [6.45, 7) is -0.946. The second kappa shape index (κ2) is 4.09. The minimum atomic E-state index is -4.21. The van der Waals surface area contributed by atoms with Gasteiger partial charge in [-0.05, 0) is 18.6 Å². The van der Waals surface area contributed by atoms with E-state index >= 15 is 0 Å². The van der Waals surface area contributed by atoms with Gasteiger partial charge < -0.3 is 4.74 Å². The zero-order chi connectivity index (χ0) is 9.95. The molecule has 0 aromatic heterocycles. The lowest BCUT2D eigenvalue weighted by molar-refractivity contribution is -0.183. The molecular formula is C8H13F3OS. The van der Waals surface area contributed by atoms with E-state index in [0.717, 1.165) is 19.3 Å². The van der Waals surface area contributed by atoms with Gasteiger partial charge in [0, 0.05) is 5.41 Å². The lowest BCUT2D eigenvalue weighted by Gasteiger charge is -2.40. The van der Waals surface area contributed by atoms with Crippen LogP contribution in [0.4, 0.5) is 13.2 Å². The van der Waals surface area contributed by atoms with Gasteiger partial charge in [0.05, 0.1) is 6.61 Å². The molecule has 1 aliphatic rings. The Morgan fingerprint density at radius 2 is 1.92 bits per heavy atom. The van der Waals surface area contributed by atoms with Crippen LogP contribution in [0.25, 0.3) is 0 Å². The van der Waals surface area contributed by atoms with Crippen LogP contribution >= 0.6 is 12.6 Å². The van der Waals surface area contributed by atoms with E-state index in [-0.39, 0.29) is 12.0 Å². The monoisotopic (exact) mass is 214 g/mol. The van der Waals surface area contributed by atoms with Crippen molar-refractivity contribution in [3.05, 3.63) is 0 Å². The molecule has 13 heavy (non-hydrogen) atoms. The summed E-state index contributed by atoms with van der Waals surface area (Å²) >= 11 is 4.12. The number of hydrogen-bond acceptors (Lipinski definition) is 2. The summed E-state index contributed by atoms with van der Waals surface area (Å²) in [5, 5.41) is 0. The molecular weight excluding hydrogens is 201 g/mol. The van der Waals surface area contributed by atoms with E-state index in [9.17, 15) is 13.2 Å². The summed E-state index contributed by atoms with van der Waals surface area (Å²) < 4.78 is 39.8. The molecule has 0 aromatic rings. The number of ether oxygens (including phenoxy) is 1. The van der Waals surface area contributed by atoms with Gasteiger partial charge >= 0.3 is 6.18 Å². The highest BCUT2D eigenvalue weighted by Crippen LogP contribution is 2.42. The lowest BCUT2D eigenvalue weighted by atomic mass is 9.71. The Morgan fingerprint density at radius 3 is 2.23 bits per heavy atom. The van der Waals surface area contributed by atoms with Crippen LogP contribution in [0.1, 0.15) is 19.3 Å². The Bertz CT molecular complexity index is 160. The van der Waals surface area contributed by atoms with E-state index in [2.05, 4.69) is 17.4 Å². The summed E-state index contributed by atoms with van der Waals surface area (Å²) in [5.74, 6) is 0.616. The molecule has 0 aromatic carbocycles. The molecule has 0 atom stereocenters. The molecule has 1 nitrogen and oxygen atoms in total. The SMILES string of the molecule is FC(F)(F)COCC1(CS)CCC1. The van der Waals surface area contributed by atoms with Gasteiger partial charge in [-0.15, -0.1) is 0 Å². The van der Waals surface area contributed by atoms with Gasteiger partial charge in [0.2, 0.25) is 0 Å². The number of rotatable bonds is 4. The molecule has 0 aliphatic heterocycles. The molecule has 5 heteroatoms. The molecule has 1 rings (SSSR count). The first-order valence-corrected chi connectivity index (χ1v) is 4.86. The Balaban J connectivity index is 2.18. The average molecular weight is 214 g/mol. The molecule has 0 spiro atoms. The minimum absolute atomic E-state index is 0.0750. The molecule has 0 N–H and O–H groups in total. The van der Waals surface area contributed by atoms with Crippen molar-refractivity contribution in [3.63, 3.8) is 0 Å². The Morgan fingerprint density at radius 1 is 1.31 bits per heavy atom. The highest BCUT2D eigenvalue weighted by atomic mass is 32.1. The molecule has 0 amide bonds. The molecule has 0 saturated heterocycles. The lowest BCUT2D eigenvalue weighted by Crippen LogP contribution is -2.37.